The highest BCUT2D eigenvalue weighted by molar-refractivity contribution is 5.79. The van der Waals surface area contributed by atoms with Gasteiger partial charge in [0.1, 0.15) is 12.4 Å². The van der Waals surface area contributed by atoms with Crippen LogP contribution in [0.2, 0.25) is 0 Å². The third-order valence-electron chi connectivity index (χ3n) is 4.03. The monoisotopic (exact) mass is 334 g/mol. The molecule has 4 heteroatoms. The summed E-state index contributed by atoms with van der Waals surface area (Å²) in [6.45, 7) is 6.69. The zero-order chi connectivity index (χ0) is 17.6. The Morgan fingerprint density at radius 2 is 1.96 bits per heavy atom. The molecule has 0 saturated heterocycles. The fraction of sp³-hybridized carbons (Fsp3) is 0.190. The lowest BCUT2D eigenvalue weighted by molar-refractivity contribution is 0.204. The summed E-state index contributed by atoms with van der Waals surface area (Å²) in [6.07, 6.45) is 4.32. The summed E-state index contributed by atoms with van der Waals surface area (Å²) in [5.41, 5.74) is 4.20. The van der Waals surface area contributed by atoms with Crippen molar-refractivity contribution in [2.75, 3.05) is 13.2 Å². The van der Waals surface area contributed by atoms with Crippen LogP contribution >= 0.6 is 0 Å². The molecule has 0 fully saturated rings. The van der Waals surface area contributed by atoms with E-state index in [-0.39, 0.29) is 6.03 Å². The van der Waals surface area contributed by atoms with Gasteiger partial charge in [-0.2, -0.15) is 0 Å². The van der Waals surface area contributed by atoms with Crippen molar-refractivity contribution in [1.82, 2.24) is 10.2 Å². The molecule has 0 aromatic heterocycles. The predicted molar refractivity (Wildman–Crippen MR) is 99.4 cm³/mol. The Hall–Kier alpha value is -3.01. The summed E-state index contributed by atoms with van der Waals surface area (Å²) in [4.78, 5) is 13.4. The Morgan fingerprint density at radius 3 is 2.72 bits per heavy atom. The molecule has 128 valence electrons. The summed E-state index contributed by atoms with van der Waals surface area (Å²) in [7, 11) is 0. The van der Waals surface area contributed by atoms with Crippen LogP contribution in [0.25, 0.3) is 0 Å². The number of carbonyl (C=O) groups is 1. The quantitative estimate of drug-likeness (QED) is 0.867. The van der Waals surface area contributed by atoms with Crippen molar-refractivity contribution in [3.05, 3.63) is 89.8 Å². The zero-order valence-corrected chi connectivity index (χ0v) is 14.4. The molecule has 1 N–H and O–H groups in total. The number of urea groups is 1. The van der Waals surface area contributed by atoms with Crippen molar-refractivity contribution in [2.45, 2.75) is 13.3 Å². The van der Waals surface area contributed by atoms with Crippen LogP contribution in [0.3, 0.4) is 0 Å². The van der Waals surface area contributed by atoms with Crippen molar-refractivity contribution in [1.29, 1.82) is 0 Å². The van der Waals surface area contributed by atoms with Gasteiger partial charge in [-0.05, 0) is 30.2 Å². The average Bonchev–Trinajstić information content (AvgIpc) is 2.59. The fourth-order valence-corrected chi connectivity index (χ4v) is 2.73. The summed E-state index contributed by atoms with van der Waals surface area (Å²) >= 11 is 0. The van der Waals surface area contributed by atoms with Crippen LogP contribution in [0, 0.1) is 6.92 Å². The number of aryl methyl sites for hydroxylation is 1. The molecule has 25 heavy (non-hydrogen) atoms. The van der Waals surface area contributed by atoms with Crippen molar-refractivity contribution in [3.8, 4) is 5.75 Å². The van der Waals surface area contributed by atoms with Gasteiger partial charge in [-0.15, -0.1) is 0 Å². The minimum atomic E-state index is -0.176. The van der Waals surface area contributed by atoms with Gasteiger partial charge in [-0.25, -0.2) is 4.79 Å². The van der Waals surface area contributed by atoms with Gasteiger partial charge in [0.15, 0.2) is 0 Å². The maximum atomic E-state index is 11.8. The minimum absolute atomic E-state index is 0.176. The maximum Gasteiger partial charge on any atom is 0.325 e. The van der Waals surface area contributed by atoms with Crippen LogP contribution in [0.15, 0.2) is 73.1 Å². The SMILES string of the molecule is C=C1C=CN(CCOc2ccc(C)cc2Cc2ccccc2)C(=O)N1. The first-order valence-corrected chi connectivity index (χ1v) is 8.33. The third-order valence-corrected chi connectivity index (χ3v) is 4.03. The van der Waals surface area contributed by atoms with E-state index in [0.29, 0.717) is 18.8 Å². The molecule has 0 radical (unpaired) electrons. The second-order valence-corrected chi connectivity index (χ2v) is 6.09. The van der Waals surface area contributed by atoms with E-state index < -0.39 is 0 Å². The van der Waals surface area contributed by atoms with Crippen LogP contribution in [0.4, 0.5) is 4.79 Å². The van der Waals surface area contributed by atoms with E-state index in [1.807, 2.05) is 30.3 Å². The maximum absolute atomic E-state index is 11.8. The van der Waals surface area contributed by atoms with E-state index in [9.17, 15) is 4.79 Å². The van der Waals surface area contributed by atoms with Crippen LogP contribution in [0.1, 0.15) is 16.7 Å². The number of benzene rings is 2. The Kier molecular flexibility index (Phi) is 5.19. The van der Waals surface area contributed by atoms with E-state index >= 15 is 0 Å². The van der Waals surface area contributed by atoms with Crippen molar-refractivity contribution >= 4 is 6.03 Å². The first kappa shape index (κ1) is 16.8. The lowest BCUT2D eigenvalue weighted by atomic mass is 10.0. The Balaban J connectivity index is 1.65. The van der Waals surface area contributed by atoms with Crippen LogP contribution in [-0.2, 0) is 6.42 Å². The van der Waals surface area contributed by atoms with Gasteiger partial charge in [0.2, 0.25) is 0 Å². The standard InChI is InChI=1S/C21H22N2O2/c1-16-8-9-20(19(14-16)15-18-6-4-3-5-7-18)25-13-12-23-11-10-17(2)22-21(23)24/h3-11,14H,2,12-13,15H2,1H3,(H,22,24). The third kappa shape index (κ3) is 4.51. The topological polar surface area (TPSA) is 41.6 Å². The van der Waals surface area contributed by atoms with E-state index in [1.54, 1.807) is 17.2 Å². The second kappa shape index (κ2) is 7.71. The molecular formula is C21H22N2O2. The lowest BCUT2D eigenvalue weighted by Crippen LogP contribution is -2.40. The molecule has 0 unspecified atom stereocenters. The van der Waals surface area contributed by atoms with Crippen molar-refractivity contribution in [2.24, 2.45) is 0 Å². The van der Waals surface area contributed by atoms with Gasteiger partial charge in [-0.3, -0.25) is 4.90 Å². The van der Waals surface area contributed by atoms with Gasteiger partial charge in [0, 0.05) is 18.3 Å². The van der Waals surface area contributed by atoms with E-state index in [0.717, 1.165) is 17.7 Å². The molecule has 2 amide bonds. The first-order chi connectivity index (χ1) is 12.1. The Bertz CT molecular complexity index is 797. The molecule has 0 spiro atoms. The van der Waals surface area contributed by atoms with Crippen molar-refractivity contribution < 1.29 is 9.53 Å². The fourth-order valence-electron chi connectivity index (χ4n) is 2.73. The largest absolute Gasteiger partial charge is 0.491 e. The highest BCUT2D eigenvalue weighted by Crippen LogP contribution is 2.23. The molecule has 2 aromatic carbocycles. The van der Waals surface area contributed by atoms with Gasteiger partial charge >= 0.3 is 6.03 Å². The molecule has 0 atom stereocenters. The second-order valence-electron chi connectivity index (χ2n) is 6.09. The van der Waals surface area contributed by atoms with Gasteiger partial charge in [0.25, 0.3) is 0 Å². The van der Waals surface area contributed by atoms with Gasteiger partial charge in [0.05, 0.1) is 6.54 Å². The van der Waals surface area contributed by atoms with E-state index in [1.165, 1.54) is 11.1 Å². The molecule has 1 aliphatic heterocycles. The van der Waals surface area contributed by atoms with Crippen LogP contribution in [-0.4, -0.2) is 24.1 Å². The molecule has 3 rings (SSSR count). The highest BCUT2D eigenvalue weighted by Gasteiger charge is 2.15. The van der Waals surface area contributed by atoms with Crippen LogP contribution < -0.4 is 10.1 Å². The summed E-state index contributed by atoms with van der Waals surface area (Å²) in [5.74, 6) is 0.861. The van der Waals surface area contributed by atoms with Gasteiger partial charge < -0.3 is 10.1 Å². The zero-order valence-electron chi connectivity index (χ0n) is 14.4. The minimum Gasteiger partial charge on any atom is -0.491 e. The number of ether oxygens (including phenoxy) is 1. The van der Waals surface area contributed by atoms with E-state index in [4.69, 9.17) is 4.74 Å². The number of nitrogens with zero attached hydrogens (tertiary/aromatic N) is 1. The van der Waals surface area contributed by atoms with Crippen molar-refractivity contribution in [3.63, 3.8) is 0 Å². The number of nitrogens with one attached hydrogen (secondary N) is 1. The summed E-state index contributed by atoms with van der Waals surface area (Å²) < 4.78 is 5.96. The molecule has 1 heterocycles. The average molecular weight is 334 g/mol. The number of amides is 2. The molecule has 0 aliphatic carbocycles. The molecule has 2 aromatic rings. The van der Waals surface area contributed by atoms with Crippen LogP contribution in [0.5, 0.6) is 5.75 Å². The number of hydrogen-bond acceptors (Lipinski definition) is 2. The lowest BCUT2D eigenvalue weighted by Gasteiger charge is -2.23. The molecule has 1 aliphatic rings. The Labute approximate surface area is 148 Å². The smallest absolute Gasteiger partial charge is 0.325 e. The summed E-state index contributed by atoms with van der Waals surface area (Å²) in [6, 6.07) is 16.3. The molecule has 0 bridgehead atoms. The Morgan fingerprint density at radius 1 is 1.16 bits per heavy atom. The highest BCUT2D eigenvalue weighted by atomic mass is 16.5. The molecule has 0 saturated carbocycles. The molecular weight excluding hydrogens is 312 g/mol. The number of allylic oxidation sites excluding steroid dienone is 1. The predicted octanol–water partition coefficient (Wildman–Crippen LogP) is 4.02. The van der Waals surface area contributed by atoms with Gasteiger partial charge in [-0.1, -0.05) is 54.6 Å². The molecule has 4 nitrogen and oxygen atoms in total. The van der Waals surface area contributed by atoms with E-state index in [2.05, 4.69) is 37.0 Å². The normalized spacial score (nSPS) is 13.7. The number of carbonyl (C=O) groups excluding carboxylic acids is 1. The number of rotatable bonds is 6. The first-order valence-electron chi connectivity index (χ1n) is 8.33. The summed E-state index contributed by atoms with van der Waals surface area (Å²) in [5, 5.41) is 2.68. The number of hydrogen-bond donors (Lipinski definition) is 1.